The van der Waals surface area contributed by atoms with E-state index >= 15 is 0 Å². The van der Waals surface area contributed by atoms with Gasteiger partial charge in [0.05, 0.1) is 25.8 Å². The summed E-state index contributed by atoms with van der Waals surface area (Å²) in [4.78, 5) is 4.62. The van der Waals surface area contributed by atoms with Crippen molar-refractivity contribution in [2.45, 2.75) is 13.0 Å². The zero-order valence-electron chi connectivity index (χ0n) is 16.2. The first kappa shape index (κ1) is 18.9. The van der Waals surface area contributed by atoms with Gasteiger partial charge in [0.2, 0.25) is 5.82 Å². The smallest absolute Gasteiger partial charge is 0.258 e. The van der Waals surface area contributed by atoms with E-state index in [9.17, 15) is 0 Å². The van der Waals surface area contributed by atoms with E-state index in [0.717, 1.165) is 22.4 Å². The Kier molecular flexibility index (Phi) is 5.18. The molecule has 4 rings (SSSR count). The lowest BCUT2D eigenvalue weighted by Crippen LogP contribution is -2.42. The maximum absolute atomic E-state index is 5.62. The van der Waals surface area contributed by atoms with Crippen molar-refractivity contribution >= 4 is 22.9 Å². The number of thiocarbonyl (C=S) groups is 1. The second-order valence-corrected chi connectivity index (χ2v) is 6.88. The van der Waals surface area contributed by atoms with E-state index in [-0.39, 0.29) is 6.04 Å². The second kappa shape index (κ2) is 7.92. The summed E-state index contributed by atoms with van der Waals surface area (Å²) in [5.41, 5.74) is 3.48. The van der Waals surface area contributed by atoms with Gasteiger partial charge in [0.15, 0.2) is 16.6 Å². The predicted molar refractivity (Wildman–Crippen MR) is 113 cm³/mol. The Balaban J connectivity index is 1.77. The Morgan fingerprint density at radius 3 is 2.52 bits per heavy atom. The molecule has 8 heteroatoms. The first-order valence-corrected chi connectivity index (χ1v) is 9.41. The molecule has 0 fully saturated rings. The lowest BCUT2D eigenvalue weighted by Gasteiger charge is -2.29. The molecule has 2 N–H and O–H groups in total. The molecule has 1 unspecified atom stereocenters. The highest BCUT2D eigenvalue weighted by Crippen LogP contribution is 2.38. The van der Waals surface area contributed by atoms with Crippen molar-refractivity contribution < 1.29 is 14.0 Å². The first-order valence-electron chi connectivity index (χ1n) is 9.00. The van der Waals surface area contributed by atoms with Crippen LogP contribution >= 0.6 is 12.2 Å². The third-order valence-corrected chi connectivity index (χ3v) is 4.92. The number of aromatic nitrogens is 2. The molecule has 148 valence electrons. The molecular weight excluding hydrogens is 388 g/mol. The van der Waals surface area contributed by atoms with E-state index in [1.54, 1.807) is 14.2 Å². The van der Waals surface area contributed by atoms with Gasteiger partial charge in [0.1, 0.15) is 0 Å². The molecule has 1 aliphatic rings. The molecule has 0 amide bonds. The summed E-state index contributed by atoms with van der Waals surface area (Å²) in [5, 5.41) is 11.1. The minimum absolute atomic E-state index is 0.285. The molecule has 29 heavy (non-hydrogen) atoms. The molecular formula is C21H20N4O3S. The van der Waals surface area contributed by atoms with Crippen molar-refractivity contribution in [2.24, 2.45) is 0 Å². The van der Waals surface area contributed by atoms with E-state index in [0.29, 0.717) is 28.3 Å². The van der Waals surface area contributed by atoms with Gasteiger partial charge in [0.25, 0.3) is 5.89 Å². The zero-order chi connectivity index (χ0) is 20.4. The van der Waals surface area contributed by atoms with Crippen molar-refractivity contribution in [1.29, 1.82) is 0 Å². The number of nitrogens with zero attached hydrogens (tertiary/aromatic N) is 2. The standard InChI is InChI=1S/C21H20N4O3S/c1-12-17(20-24-19(25-28-20)13-7-5-4-6-8-13)18(23-21(29)22-12)14-9-10-15(26-2)16(11-14)27-3/h4-11,18H,1-3H3,(H2,22,23,29). The van der Waals surface area contributed by atoms with E-state index in [1.165, 1.54) is 0 Å². The SMILES string of the molecule is COc1ccc(C2NC(=S)NC(C)=C2c2nc(-c3ccccc3)no2)cc1OC. The van der Waals surface area contributed by atoms with E-state index < -0.39 is 0 Å². The summed E-state index contributed by atoms with van der Waals surface area (Å²) >= 11 is 5.38. The van der Waals surface area contributed by atoms with Crippen molar-refractivity contribution in [1.82, 2.24) is 20.8 Å². The highest BCUT2D eigenvalue weighted by atomic mass is 32.1. The van der Waals surface area contributed by atoms with Crippen LogP contribution < -0.4 is 20.1 Å². The predicted octanol–water partition coefficient (Wildman–Crippen LogP) is 3.70. The highest BCUT2D eigenvalue weighted by Gasteiger charge is 2.30. The van der Waals surface area contributed by atoms with Crippen LogP contribution in [0.15, 0.2) is 58.8 Å². The number of nitrogens with one attached hydrogen (secondary N) is 2. The summed E-state index contributed by atoms with van der Waals surface area (Å²) in [6, 6.07) is 15.1. The minimum atomic E-state index is -0.285. The summed E-state index contributed by atoms with van der Waals surface area (Å²) in [6.07, 6.45) is 0. The number of hydrogen-bond acceptors (Lipinski definition) is 6. The Labute approximate surface area is 173 Å². The molecule has 7 nitrogen and oxygen atoms in total. The zero-order valence-corrected chi connectivity index (χ0v) is 17.0. The maximum Gasteiger partial charge on any atom is 0.258 e. The van der Waals surface area contributed by atoms with Crippen molar-refractivity contribution in [3.05, 3.63) is 65.7 Å². The first-order chi connectivity index (χ1) is 14.1. The van der Waals surface area contributed by atoms with Gasteiger partial charge in [-0.1, -0.05) is 41.6 Å². The number of allylic oxidation sites excluding steroid dienone is 1. The van der Waals surface area contributed by atoms with Crippen LogP contribution in [0.3, 0.4) is 0 Å². The lowest BCUT2D eigenvalue weighted by molar-refractivity contribution is 0.354. The van der Waals surface area contributed by atoms with Crippen LogP contribution in [0.4, 0.5) is 0 Å². The van der Waals surface area contributed by atoms with Crippen LogP contribution in [0.1, 0.15) is 24.4 Å². The third kappa shape index (κ3) is 3.66. The van der Waals surface area contributed by atoms with Crippen LogP contribution in [-0.4, -0.2) is 29.5 Å². The number of hydrogen-bond donors (Lipinski definition) is 2. The molecule has 1 aliphatic heterocycles. The average molecular weight is 408 g/mol. The quantitative estimate of drug-likeness (QED) is 0.619. The molecule has 0 aliphatic carbocycles. The molecule has 0 radical (unpaired) electrons. The number of benzene rings is 2. The van der Waals surface area contributed by atoms with E-state index in [2.05, 4.69) is 20.8 Å². The second-order valence-electron chi connectivity index (χ2n) is 6.47. The van der Waals surface area contributed by atoms with E-state index in [4.69, 9.17) is 26.2 Å². The summed E-state index contributed by atoms with van der Waals surface area (Å²) in [6.45, 7) is 1.93. The molecule has 3 aromatic rings. The summed E-state index contributed by atoms with van der Waals surface area (Å²) < 4.78 is 16.4. The average Bonchev–Trinajstić information content (AvgIpc) is 3.23. The van der Waals surface area contributed by atoms with Gasteiger partial charge in [-0.3, -0.25) is 0 Å². The molecule has 0 saturated carbocycles. The summed E-state index contributed by atoms with van der Waals surface area (Å²) in [7, 11) is 3.21. The van der Waals surface area contributed by atoms with Gasteiger partial charge in [-0.05, 0) is 36.8 Å². The molecule has 1 atom stereocenters. The van der Waals surface area contributed by atoms with Gasteiger partial charge in [0, 0.05) is 11.3 Å². The highest BCUT2D eigenvalue weighted by molar-refractivity contribution is 7.80. The Bertz CT molecular complexity index is 1080. The van der Waals surface area contributed by atoms with Crippen molar-refractivity contribution in [3.63, 3.8) is 0 Å². The molecule has 0 spiro atoms. The van der Waals surface area contributed by atoms with Gasteiger partial charge in [-0.25, -0.2) is 0 Å². The number of methoxy groups -OCH3 is 2. The maximum atomic E-state index is 5.62. The Morgan fingerprint density at radius 2 is 1.79 bits per heavy atom. The van der Waals surface area contributed by atoms with Crippen LogP contribution in [0.5, 0.6) is 11.5 Å². The monoisotopic (exact) mass is 408 g/mol. The fourth-order valence-electron chi connectivity index (χ4n) is 3.30. The molecule has 0 bridgehead atoms. The van der Waals surface area contributed by atoms with E-state index in [1.807, 2.05) is 55.5 Å². The van der Waals surface area contributed by atoms with Crippen molar-refractivity contribution in [3.8, 4) is 22.9 Å². The topological polar surface area (TPSA) is 81.4 Å². The fraction of sp³-hybridized carbons (Fsp3) is 0.190. The Hall–Kier alpha value is -3.39. The third-order valence-electron chi connectivity index (χ3n) is 4.70. The van der Waals surface area contributed by atoms with Crippen LogP contribution in [0.2, 0.25) is 0 Å². The molecule has 2 heterocycles. The normalized spacial score (nSPS) is 16.2. The minimum Gasteiger partial charge on any atom is -0.493 e. The largest absolute Gasteiger partial charge is 0.493 e. The molecule has 2 aromatic carbocycles. The van der Waals surface area contributed by atoms with Gasteiger partial charge in [-0.2, -0.15) is 4.98 Å². The number of ether oxygens (including phenoxy) is 2. The lowest BCUT2D eigenvalue weighted by atomic mass is 9.95. The van der Waals surface area contributed by atoms with Crippen LogP contribution in [0, 0.1) is 0 Å². The number of rotatable bonds is 5. The van der Waals surface area contributed by atoms with Gasteiger partial charge >= 0.3 is 0 Å². The van der Waals surface area contributed by atoms with Gasteiger partial charge in [-0.15, -0.1) is 0 Å². The molecule has 1 aromatic heterocycles. The fourth-order valence-corrected chi connectivity index (χ4v) is 3.57. The van der Waals surface area contributed by atoms with Gasteiger partial charge < -0.3 is 24.6 Å². The molecule has 0 saturated heterocycles. The Morgan fingerprint density at radius 1 is 1.03 bits per heavy atom. The summed E-state index contributed by atoms with van der Waals surface area (Å²) in [5.74, 6) is 2.23. The van der Waals surface area contributed by atoms with Crippen LogP contribution in [0.25, 0.3) is 17.0 Å². The van der Waals surface area contributed by atoms with Crippen LogP contribution in [-0.2, 0) is 0 Å². The van der Waals surface area contributed by atoms with Crippen molar-refractivity contribution in [2.75, 3.05) is 14.2 Å².